The van der Waals surface area contributed by atoms with E-state index in [9.17, 15) is 39.5 Å². The predicted octanol–water partition coefficient (Wildman–Crippen LogP) is 6.66. The SMILES string of the molecule is CC.CC.Fc1cc(F)c(F)c(-c2c(F)c(F)c(F)c(F)c2F)c1F. The predicted molar refractivity (Wildman–Crippen MR) is 74.2 cm³/mol. The van der Waals surface area contributed by atoms with Gasteiger partial charge in [-0.3, -0.25) is 0 Å². The molecule has 0 aliphatic carbocycles. The summed E-state index contributed by atoms with van der Waals surface area (Å²) in [5.41, 5.74) is -4.12. The molecule has 2 aromatic carbocycles. The Kier molecular flexibility index (Phi) is 8.52. The highest BCUT2D eigenvalue weighted by molar-refractivity contribution is 5.67. The van der Waals surface area contributed by atoms with E-state index in [2.05, 4.69) is 0 Å². The molecule has 9 heteroatoms. The fourth-order valence-electron chi connectivity index (χ4n) is 1.62. The molecule has 0 saturated heterocycles. The van der Waals surface area contributed by atoms with E-state index >= 15 is 0 Å². The number of benzene rings is 2. The zero-order valence-electron chi connectivity index (χ0n) is 13.5. The van der Waals surface area contributed by atoms with Gasteiger partial charge in [0.05, 0.1) is 11.1 Å². The summed E-state index contributed by atoms with van der Waals surface area (Å²) in [6.07, 6.45) is 0. The van der Waals surface area contributed by atoms with Gasteiger partial charge in [0.2, 0.25) is 5.82 Å². The summed E-state index contributed by atoms with van der Waals surface area (Å²) >= 11 is 0. The van der Waals surface area contributed by atoms with Crippen molar-refractivity contribution in [3.63, 3.8) is 0 Å². The summed E-state index contributed by atoms with van der Waals surface area (Å²) < 4.78 is 118. The highest BCUT2D eigenvalue weighted by Gasteiger charge is 2.32. The molecule has 0 radical (unpaired) electrons. The van der Waals surface area contributed by atoms with Gasteiger partial charge in [-0.25, -0.2) is 39.5 Å². The van der Waals surface area contributed by atoms with Gasteiger partial charge < -0.3 is 0 Å². The van der Waals surface area contributed by atoms with Crippen molar-refractivity contribution in [3.05, 3.63) is 58.4 Å². The maximum Gasteiger partial charge on any atom is 0.200 e. The van der Waals surface area contributed by atoms with Crippen molar-refractivity contribution in [3.8, 4) is 11.1 Å². The monoisotopic (exact) mass is 376 g/mol. The van der Waals surface area contributed by atoms with Crippen LogP contribution in [0.25, 0.3) is 11.1 Å². The van der Waals surface area contributed by atoms with Crippen molar-refractivity contribution in [1.29, 1.82) is 0 Å². The van der Waals surface area contributed by atoms with Crippen molar-refractivity contribution >= 4 is 0 Å². The number of rotatable bonds is 1. The fourth-order valence-corrected chi connectivity index (χ4v) is 1.62. The van der Waals surface area contributed by atoms with Crippen molar-refractivity contribution in [1.82, 2.24) is 0 Å². The van der Waals surface area contributed by atoms with E-state index < -0.39 is 63.5 Å². The van der Waals surface area contributed by atoms with Crippen LogP contribution in [0.1, 0.15) is 27.7 Å². The van der Waals surface area contributed by atoms with Crippen LogP contribution in [0.3, 0.4) is 0 Å². The van der Waals surface area contributed by atoms with Crippen molar-refractivity contribution in [2.75, 3.05) is 0 Å². The topological polar surface area (TPSA) is 0 Å². The van der Waals surface area contributed by atoms with Crippen molar-refractivity contribution in [2.45, 2.75) is 27.7 Å². The number of halogens is 9. The first-order valence-corrected chi connectivity index (χ1v) is 7.03. The van der Waals surface area contributed by atoms with Crippen LogP contribution in [-0.2, 0) is 0 Å². The molecular weight excluding hydrogens is 363 g/mol. The molecule has 0 bridgehead atoms. The molecule has 0 nitrogen and oxygen atoms in total. The van der Waals surface area contributed by atoms with Gasteiger partial charge in [-0.1, -0.05) is 27.7 Å². The summed E-state index contributed by atoms with van der Waals surface area (Å²) in [7, 11) is 0. The van der Waals surface area contributed by atoms with Crippen molar-refractivity contribution in [2.24, 2.45) is 0 Å². The van der Waals surface area contributed by atoms with E-state index in [-0.39, 0.29) is 6.07 Å². The Bertz CT molecular complexity index is 699. The van der Waals surface area contributed by atoms with Gasteiger partial charge in [0.15, 0.2) is 46.5 Å². The Labute approximate surface area is 137 Å². The Balaban J connectivity index is 0.00000134. The normalized spacial score (nSPS) is 9.80. The first-order valence-electron chi connectivity index (χ1n) is 7.03. The largest absolute Gasteiger partial charge is 0.204 e. The third kappa shape index (κ3) is 4.08. The zero-order valence-corrected chi connectivity index (χ0v) is 13.5. The van der Waals surface area contributed by atoms with Gasteiger partial charge in [0.25, 0.3) is 0 Å². The van der Waals surface area contributed by atoms with E-state index in [1.54, 1.807) is 0 Å². The first-order chi connectivity index (χ1) is 11.7. The second-order valence-corrected chi connectivity index (χ2v) is 3.79. The second kappa shape index (κ2) is 9.33. The van der Waals surface area contributed by atoms with Crippen LogP contribution in [0.5, 0.6) is 0 Å². The van der Waals surface area contributed by atoms with Gasteiger partial charge >= 0.3 is 0 Å². The molecule has 0 fully saturated rings. The van der Waals surface area contributed by atoms with Gasteiger partial charge in [-0.05, 0) is 0 Å². The van der Waals surface area contributed by atoms with Gasteiger partial charge in [0, 0.05) is 6.07 Å². The van der Waals surface area contributed by atoms with Crippen LogP contribution in [0.15, 0.2) is 6.07 Å². The summed E-state index contributed by atoms with van der Waals surface area (Å²) in [4.78, 5) is 0. The maximum atomic E-state index is 13.4. The lowest BCUT2D eigenvalue weighted by Gasteiger charge is -2.11. The maximum absolute atomic E-state index is 13.4. The molecule has 0 atom stereocenters. The van der Waals surface area contributed by atoms with E-state index in [0.29, 0.717) is 0 Å². The minimum atomic E-state index is -2.59. The fraction of sp³-hybridized carbons (Fsp3) is 0.250. The molecule has 0 aromatic heterocycles. The molecule has 2 aromatic rings. The van der Waals surface area contributed by atoms with E-state index in [0.717, 1.165) is 0 Å². The summed E-state index contributed by atoms with van der Waals surface area (Å²) in [5, 5.41) is 0. The minimum Gasteiger partial charge on any atom is -0.204 e. The Morgan fingerprint density at radius 1 is 0.400 bits per heavy atom. The minimum absolute atomic E-state index is 0.278. The van der Waals surface area contributed by atoms with Gasteiger partial charge in [-0.2, -0.15) is 0 Å². The third-order valence-corrected chi connectivity index (χ3v) is 2.57. The van der Waals surface area contributed by atoms with E-state index in [1.807, 2.05) is 27.7 Å². The molecule has 0 spiro atoms. The Hall–Kier alpha value is -2.19. The van der Waals surface area contributed by atoms with E-state index in [4.69, 9.17) is 0 Å². The quantitative estimate of drug-likeness (QED) is 0.297. The molecular formula is C16H13F9. The smallest absolute Gasteiger partial charge is 0.200 e. The van der Waals surface area contributed by atoms with Crippen LogP contribution in [0.4, 0.5) is 39.5 Å². The van der Waals surface area contributed by atoms with Gasteiger partial charge in [-0.15, -0.1) is 0 Å². The van der Waals surface area contributed by atoms with Crippen LogP contribution < -0.4 is 0 Å². The highest BCUT2D eigenvalue weighted by Crippen LogP contribution is 2.36. The second-order valence-electron chi connectivity index (χ2n) is 3.79. The van der Waals surface area contributed by atoms with Crippen LogP contribution in [0.2, 0.25) is 0 Å². The highest BCUT2D eigenvalue weighted by atomic mass is 19.2. The lowest BCUT2D eigenvalue weighted by molar-refractivity contribution is 0.379. The summed E-state index contributed by atoms with van der Waals surface area (Å²) in [6.45, 7) is 8.00. The van der Waals surface area contributed by atoms with Crippen LogP contribution >= 0.6 is 0 Å². The Morgan fingerprint density at radius 2 is 0.640 bits per heavy atom. The molecule has 0 unspecified atom stereocenters. The lowest BCUT2D eigenvalue weighted by Crippen LogP contribution is -2.08. The molecule has 0 aliphatic rings. The summed E-state index contributed by atoms with van der Waals surface area (Å²) in [5.74, 6) is -21.5. The average Bonchev–Trinajstić information content (AvgIpc) is 2.63. The average molecular weight is 376 g/mol. The third-order valence-electron chi connectivity index (χ3n) is 2.57. The van der Waals surface area contributed by atoms with Crippen LogP contribution in [0, 0.1) is 52.4 Å². The standard InChI is InChI=1S/C12HF9.2C2H6/c13-2-1-3(14)7(16)4(6(2)15)5-8(17)10(19)12(21)11(20)9(5)18;2*1-2/h1H;2*1-2H3. The van der Waals surface area contributed by atoms with Gasteiger partial charge in [0.1, 0.15) is 0 Å². The van der Waals surface area contributed by atoms with E-state index in [1.165, 1.54) is 0 Å². The molecule has 0 N–H and O–H groups in total. The summed E-state index contributed by atoms with van der Waals surface area (Å²) in [6, 6.07) is -0.278. The molecule has 140 valence electrons. The van der Waals surface area contributed by atoms with Crippen LogP contribution in [-0.4, -0.2) is 0 Å². The molecule has 0 amide bonds. The number of hydrogen-bond donors (Lipinski definition) is 0. The number of hydrogen-bond acceptors (Lipinski definition) is 0. The Morgan fingerprint density at radius 3 is 0.960 bits per heavy atom. The molecule has 25 heavy (non-hydrogen) atoms. The first kappa shape index (κ1) is 22.8. The zero-order chi connectivity index (χ0) is 20.1. The molecule has 0 saturated carbocycles. The molecule has 2 rings (SSSR count). The lowest BCUT2D eigenvalue weighted by atomic mass is 10.0. The molecule has 0 heterocycles. The van der Waals surface area contributed by atoms with Crippen molar-refractivity contribution < 1.29 is 39.5 Å². The molecule has 0 aliphatic heterocycles.